The summed E-state index contributed by atoms with van der Waals surface area (Å²) in [7, 11) is 1.51. The summed E-state index contributed by atoms with van der Waals surface area (Å²) in [5.74, 6) is -1.20. The van der Waals surface area contributed by atoms with Gasteiger partial charge >= 0.3 is 5.97 Å². The molecule has 32 heavy (non-hydrogen) atoms. The van der Waals surface area contributed by atoms with Crippen molar-refractivity contribution in [1.82, 2.24) is 19.9 Å². The van der Waals surface area contributed by atoms with Gasteiger partial charge in [-0.05, 0) is 31.2 Å². The Morgan fingerprint density at radius 1 is 1.16 bits per heavy atom. The van der Waals surface area contributed by atoms with Crippen molar-refractivity contribution in [1.29, 1.82) is 5.26 Å². The number of carbonyl (C=O) groups is 2. The van der Waals surface area contributed by atoms with Gasteiger partial charge in [-0.25, -0.2) is 14.8 Å². The summed E-state index contributed by atoms with van der Waals surface area (Å²) in [6.07, 6.45) is 2.54. The molecule has 0 radical (unpaired) electrons. The van der Waals surface area contributed by atoms with E-state index in [9.17, 15) is 14.9 Å². The average Bonchev–Trinajstić information content (AvgIpc) is 3.19. The number of carboxylic acids is 1. The van der Waals surface area contributed by atoms with Crippen LogP contribution in [0, 0.1) is 18.3 Å². The van der Waals surface area contributed by atoms with Gasteiger partial charge in [-0.15, -0.1) is 0 Å². The Labute approximate surface area is 185 Å². The molecule has 3 aromatic heterocycles. The summed E-state index contributed by atoms with van der Waals surface area (Å²) < 4.78 is 5.43. The van der Waals surface area contributed by atoms with Gasteiger partial charge in [0.25, 0.3) is 5.91 Å². The number of aromatic nitrogens is 4. The second-order valence-electron chi connectivity index (χ2n) is 6.56. The molecule has 10 nitrogen and oxygen atoms in total. The van der Waals surface area contributed by atoms with Gasteiger partial charge in [0.2, 0.25) is 0 Å². The number of nitrogens with one attached hydrogen (secondary N) is 1. The normalized spacial score (nSPS) is 10.5. The Kier molecular flexibility index (Phi) is 5.44. The van der Waals surface area contributed by atoms with Crippen LogP contribution in [0.25, 0.3) is 21.6 Å². The molecule has 1 aromatic carbocycles. The lowest BCUT2D eigenvalue weighted by molar-refractivity contribution is 0.0690. The summed E-state index contributed by atoms with van der Waals surface area (Å²) in [4.78, 5) is 40.8. The Bertz CT molecular complexity index is 1430. The molecule has 0 aliphatic heterocycles. The van der Waals surface area contributed by atoms with Gasteiger partial charge in [0.05, 0.1) is 30.5 Å². The molecule has 0 aliphatic rings. The van der Waals surface area contributed by atoms with Gasteiger partial charge in [0.1, 0.15) is 5.75 Å². The van der Waals surface area contributed by atoms with Crippen LogP contribution in [0.1, 0.15) is 32.1 Å². The van der Waals surface area contributed by atoms with Gasteiger partial charge in [-0.3, -0.25) is 15.1 Å². The number of amides is 1. The van der Waals surface area contributed by atoms with E-state index in [4.69, 9.17) is 9.84 Å². The van der Waals surface area contributed by atoms with Crippen LogP contribution in [-0.4, -0.2) is 44.0 Å². The molecule has 158 valence electrons. The number of hydrogen-bond donors (Lipinski definition) is 2. The quantitative estimate of drug-likeness (QED) is 0.470. The lowest BCUT2D eigenvalue weighted by Gasteiger charge is -2.13. The van der Waals surface area contributed by atoms with E-state index in [0.717, 1.165) is 17.5 Å². The van der Waals surface area contributed by atoms with Crippen LogP contribution in [-0.2, 0) is 0 Å². The van der Waals surface area contributed by atoms with Crippen molar-refractivity contribution in [2.75, 3.05) is 12.4 Å². The van der Waals surface area contributed by atoms with Crippen molar-refractivity contribution >= 4 is 38.8 Å². The zero-order chi connectivity index (χ0) is 22.8. The SMILES string of the molecule is COc1ccc(C#N)cc1-c1cc(C)ncc1C(=O)Nc1nc2ncc(C(=O)O)nc2s1. The molecule has 11 heteroatoms. The molecule has 3 heterocycles. The van der Waals surface area contributed by atoms with Crippen molar-refractivity contribution in [2.45, 2.75) is 6.92 Å². The van der Waals surface area contributed by atoms with Crippen molar-refractivity contribution in [3.63, 3.8) is 0 Å². The highest BCUT2D eigenvalue weighted by Crippen LogP contribution is 2.34. The lowest BCUT2D eigenvalue weighted by Crippen LogP contribution is -2.14. The highest BCUT2D eigenvalue weighted by atomic mass is 32.1. The number of anilines is 1. The lowest BCUT2D eigenvalue weighted by atomic mass is 9.97. The first-order chi connectivity index (χ1) is 15.4. The van der Waals surface area contributed by atoms with Gasteiger partial charge < -0.3 is 9.84 Å². The highest BCUT2D eigenvalue weighted by Gasteiger charge is 2.20. The van der Waals surface area contributed by atoms with Gasteiger partial charge in [-0.1, -0.05) is 11.3 Å². The topological polar surface area (TPSA) is 151 Å². The first kappa shape index (κ1) is 20.8. The van der Waals surface area contributed by atoms with Crippen molar-refractivity contribution in [3.05, 3.63) is 59.2 Å². The minimum Gasteiger partial charge on any atom is -0.496 e. The molecule has 0 spiro atoms. The smallest absolute Gasteiger partial charge is 0.356 e. The molecule has 0 aliphatic carbocycles. The number of fused-ring (bicyclic) bond motifs is 1. The summed E-state index contributed by atoms with van der Waals surface area (Å²) in [6.45, 7) is 1.79. The minimum absolute atomic E-state index is 0.205. The largest absolute Gasteiger partial charge is 0.496 e. The van der Waals surface area contributed by atoms with E-state index in [2.05, 4.69) is 31.3 Å². The van der Waals surface area contributed by atoms with E-state index in [1.807, 2.05) is 0 Å². The van der Waals surface area contributed by atoms with Crippen LogP contribution < -0.4 is 10.1 Å². The Morgan fingerprint density at radius 3 is 2.69 bits per heavy atom. The molecular formula is C21H14N6O4S. The molecule has 0 saturated heterocycles. The molecule has 0 fully saturated rings. The Morgan fingerprint density at radius 2 is 1.97 bits per heavy atom. The number of ether oxygens (including phenoxy) is 1. The van der Waals surface area contributed by atoms with E-state index >= 15 is 0 Å². The van der Waals surface area contributed by atoms with Gasteiger partial charge in [-0.2, -0.15) is 10.2 Å². The average molecular weight is 446 g/mol. The molecule has 0 bridgehead atoms. The molecular weight excluding hydrogens is 432 g/mol. The molecule has 2 N–H and O–H groups in total. The standard InChI is InChI=1S/C21H14N6O4S/c1-10-5-12(13-6-11(7-22)3-4-16(13)31-2)14(8-23-10)18(28)27-21-26-17-19(32-21)25-15(9-24-17)20(29)30/h3-6,8-9H,1-2H3,(H,29,30)(H,24,26,27,28). The number of aromatic carboxylic acids is 1. The number of rotatable bonds is 5. The maximum absolute atomic E-state index is 13.1. The van der Waals surface area contributed by atoms with Crippen molar-refractivity contribution in [2.24, 2.45) is 0 Å². The second-order valence-corrected chi connectivity index (χ2v) is 7.54. The van der Waals surface area contributed by atoms with Crippen LogP contribution >= 0.6 is 11.3 Å². The fraction of sp³-hybridized carbons (Fsp3) is 0.0952. The summed E-state index contributed by atoms with van der Waals surface area (Å²) in [5.41, 5.74) is 2.45. The third-order valence-electron chi connectivity index (χ3n) is 4.47. The number of benzene rings is 1. The first-order valence-corrected chi connectivity index (χ1v) is 9.94. The fourth-order valence-electron chi connectivity index (χ4n) is 2.99. The van der Waals surface area contributed by atoms with E-state index < -0.39 is 11.9 Å². The monoisotopic (exact) mass is 446 g/mol. The Balaban J connectivity index is 1.74. The van der Waals surface area contributed by atoms with Crippen LogP contribution in [0.2, 0.25) is 0 Å². The molecule has 4 aromatic rings. The summed E-state index contributed by atoms with van der Waals surface area (Å²) in [6, 6.07) is 8.75. The number of carboxylic acid groups (broad SMARTS) is 1. The van der Waals surface area contributed by atoms with Crippen LogP contribution in [0.4, 0.5) is 5.13 Å². The van der Waals surface area contributed by atoms with E-state index in [1.165, 1.54) is 13.3 Å². The van der Waals surface area contributed by atoms with E-state index in [-0.39, 0.29) is 26.9 Å². The van der Waals surface area contributed by atoms with E-state index in [0.29, 0.717) is 28.1 Å². The van der Waals surface area contributed by atoms with Crippen molar-refractivity contribution in [3.8, 4) is 22.9 Å². The van der Waals surface area contributed by atoms with Crippen LogP contribution in [0.3, 0.4) is 0 Å². The second kappa shape index (κ2) is 8.37. The number of hydrogen-bond acceptors (Lipinski definition) is 9. The first-order valence-electron chi connectivity index (χ1n) is 9.13. The number of pyridine rings is 1. The third kappa shape index (κ3) is 3.94. The predicted octanol–water partition coefficient (Wildman–Crippen LogP) is 3.29. The van der Waals surface area contributed by atoms with Crippen LogP contribution in [0.15, 0.2) is 36.7 Å². The van der Waals surface area contributed by atoms with Gasteiger partial charge in [0, 0.05) is 23.0 Å². The maximum Gasteiger partial charge on any atom is 0.356 e. The Hall–Kier alpha value is -4.43. The zero-order valence-electron chi connectivity index (χ0n) is 16.8. The zero-order valence-corrected chi connectivity index (χ0v) is 17.6. The minimum atomic E-state index is -1.21. The molecule has 4 rings (SSSR count). The van der Waals surface area contributed by atoms with Gasteiger partial charge in [0.15, 0.2) is 21.3 Å². The van der Waals surface area contributed by atoms with Crippen molar-refractivity contribution < 1.29 is 19.4 Å². The summed E-state index contributed by atoms with van der Waals surface area (Å²) in [5, 5.41) is 21.2. The number of thiazole rings is 1. The number of methoxy groups -OCH3 is 1. The van der Waals surface area contributed by atoms with Crippen LogP contribution in [0.5, 0.6) is 5.75 Å². The summed E-state index contributed by atoms with van der Waals surface area (Å²) >= 11 is 1.00. The predicted molar refractivity (Wildman–Crippen MR) is 116 cm³/mol. The number of nitrogens with zero attached hydrogens (tertiary/aromatic N) is 5. The number of nitriles is 1. The third-order valence-corrected chi connectivity index (χ3v) is 5.32. The molecule has 1 amide bonds. The molecule has 0 saturated carbocycles. The molecule has 0 unspecified atom stereocenters. The number of carbonyl (C=O) groups excluding carboxylic acids is 1. The number of aryl methyl sites for hydroxylation is 1. The highest BCUT2D eigenvalue weighted by molar-refractivity contribution is 7.21. The molecule has 0 atom stereocenters. The fourth-order valence-corrected chi connectivity index (χ4v) is 3.79. The van der Waals surface area contributed by atoms with E-state index in [1.54, 1.807) is 31.2 Å². The maximum atomic E-state index is 13.1.